The molecule has 5 heteroatoms. The third kappa shape index (κ3) is 3.56. The van der Waals surface area contributed by atoms with Gasteiger partial charge in [-0.1, -0.05) is 6.92 Å². The minimum Gasteiger partial charge on any atom is -0.477 e. The first kappa shape index (κ1) is 12.1. The van der Waals surface area contributed by atoms with Crippen LogP contribution in [-0.2, 0) is 6.42 Å². The van der Waals surface area contributed by atoms with E-state index in [1.165, 1.54) is 6.07 Å². The first-order valence-electron chi connectivity index (χ1n) is 6.21. The highest BCUT2D eigenvalue weighted by Gasteiger charge is 2.14. The molecule has 1 fully saturated rings. The van der Waals surface area contributed by atoms with Gasteiger partial charge in [-0.3, -0.25) is 4.79 Å². The van der Waals surface area contributed by atoms with Crippen molar-refractivity contribution in [1.29, 1.82) is 0 Å². The van der Waals surface area contributed by atoms with Gasteiger partial charge in [-0.15, -0.1) is 0 Å². The molecule has 1 saturated heterocycles. The zero-order valence-corrected chi connectivity index (χ0v) is 10.2. The molecule has 1 aliphatic rings. The topological polar surface area (TPSA) is 67.0 Å². The lowest BCUT2D eigenvalue weighted by atomic mass is 9.99. The Bertz CT molecular complexity index is 410. The summed E-state index contributed by atoms with van der Waals surface area (Å²) in [7, 11) is 0. The van der Waals surface area contributed by atoms with E-state index in [4.69, 9.17) is 4.74 Å². The van der Waals surface area contributed by atoms with Crippen LogP contribution < -0.4 is 15.6 Å². The van der Waals surface area contributed by atoms with Crippen molar-refractivity contribution in [1.82, 2.24) is 15.3 Å². The molecule has 5 nitrogen and oxygen atoms in total. The second kappa shape index (κ2) is 5.82. The number of aromatic nitrogens is 2. The smallest absolute Gasteiger partial charge is 0.254 e. The zero-order valence-electron chi connectivity index (χ0n) is 10.2. The van der Waals surface area contributed by atoms with Crippen molar-refractivity contribution in [3.8, 4) is 5.88 Å². The number of nitrogens with zero attached hydrogens (tertiary/aromatic N) is 1. The summed E-state index contributed by atoms with van der Waals surface area (Å²) in [5.41, 5.74) is -0.142. The summed E-state index contributed by atoms with van der Waals surface area (Å²) in [6.07, 6.45) is 2.97. The van der Waals surface area contributed by atoms with Gasteiger partial charge < -0.3 is 15.0 Å². The first-order valence-corrected chi connectivity index (χ1v) is 6.21. The number of aromatic amines is 1. The fourth-order valence-electron chi connectivity index (χ4n) is 1.98. The van der Waals surface area contributed by atoms with Crippen molar-refractivity contribution in [3.63, 3.8) is 0 Å². The number of ether oxygens (including phenoxy) is 1. The number of piperidine rings is 1. The van der Waals surface area contributed by atoms with E-state index in [1.807, 2.05) is 6.92 Å². The molecule has 1 aromatic rings. The molecule has 0 aromatic carbocycles. The van der Waals surface area contributed by atoms with Crippen LogP contribution in [0.4, 0.5) is 0 Å². The Kier molecular flexibility index (Phi) is 4.14. The van der Waals surface area contributed by atoms with Crippen LogP contribution in [0.25, 0.3) is 0 Å². The summed E-state index contributed by atoms with van der Waals surface area (Å²) in [5.74, 6) is 1.70. The third-order valence-electron chi connectivity index (χ3n) is 3.03. The van der Waals surface area contributed by atoms with Crippen molar-refractivity contribution in [2.75, 3.05) is 19.7 Å². The van der Waals surface area contributed by atoms with Gasteiger partial charge >= 0.3 is 0 Å². The van der Waals surface area contributed by atoms with Gasteiger partial charge in [0.05, 0.1) is 12.7 Å². The highest BCUT2D eigenvalue weighted by Crippen LogP contribution is 2.13. The highest BCUT2D eigenvalue weighted by atomic mass is 16.5. The summed E-state index contributed by atoms with van der Waals surface area (Å²) in [4.78, 5) is 18.3. The fraction of sp³-hybridized carbons (Fsp3) is 0.667. The fourth-order valence-corrected chi connectivity index (χ4v) is 1.98. The van der Waals surface area contributed by atoms with Crippen LogP contribution in [0.2, 0.25) is 0 Å². The van der Waals surface area contributed by atoms with Crippen molar-refractivity contribution in [2.45, 2.75) is 26.2 Å². The largest absolute Gasteiger partial charge is 0.477 e. The maximum atomic E-state index is 11.3. The average Bonchev–Trinajstić information content (AvgIpc) is 2.37. The van der Waals surface area contributed by atoms with Crippen molar-refractivity contribution < 1.29 is 4.74 Å². The van der Waals surface area contributed by atoms with E-state index in [9.17, 15) is 4.79 Å². The van der Waals surface area contributed by atoms with Crippen LogP contribution in [0.5, 0.6) is 5.88 Å². The number of aryl methyl sites for hydroxylation is 1. The molecule has 2 N–H and O–H groups in total. The maximum Gasteiger partial charge on any atom is 0.254 e. The summed E-state index contributed by atoms with van der Waals surface area (Å²) in [6.45, 7) is 4.71. The lowest BCUT2D eigenvalue weighted by Crippen LogP contribution is -2.30. The van der Waals surface area contributed by atoms with Crippen molar-refractivity contribution in [2.24, 2.45) is 5.92 Å². The SMILES string of the molecule is CCc1nc(OCC2CCNCC2)cc(=O)[nH]1. The number of rotatable bonds is 4. The predicted octanol–water partition coefficient (Wildman–Crippen LogP) is 0.711. The number of hydrogen-bond donors (Lipinski definition) is 2. The summed E-state index contributed by atoms with van der Waals surface area (Å²) < 4.78 is 5.61. The first-order chi connectivity index (χ1) is 8.28. The van der Waals surface area contributed by atoms with E-state index in [-0.39, 0.29) is 5.56 Å². The van der Waals surface area contributed by atoms with E-state index in [0.29, 0.717) is 30.7 Å². The zero-order chi connectivity index (χ0) is 12.1. The quantitative estimate of drug-likeness (QED) is 0.809. The molecule has 0 bridgehead atoms. The van der Waals surface area contributed by atoms with Gasteiger partial charge in [-0.2, -0.15) is 0 Å². The molecule has 17 heavy (non-hydrogen) atoms. The van der Waals surface area contributed by atoms with Crippen LogP contribution in [0.3, 0.4) is 0 Å². The molecule has 94 valence electrons. The van der Waals surface area contributed by atoms with Crippen molar-refractivity contribution >= 4 is 0 Å². The van der Waals surface area contributed by atoms with Crippen LogP contribution in [0.15, 0.2) is 10.9 Å². The Morgan fingerprint density at radius 1 is 1.47 bits per heavy atom. The van der Waals surface area contributed by atoms with Crippen LogP contribution in [0, 0.1) is 5.92 Å². The van der Waals surface area contributed by atoms with Crippen LogP contribution in [0.1, 0.15) is 25.6 Å². The maximum absolute atomic E-state index is 11.3. The number of nitrogens with one attached hydrogen (secondary N) is 2. The van der Waals surface area contributed by atoms with Gasteiger partial charge in [0.15, 0.2) is 0 Å². The summed E-state index contributed by atoms with van der Waals surface area (Å²) in [5, 5.41) is 3.31. The summed E-state index contributed by atoms with van der Waals surface area (Å²) >= 11 is 0. The van der Waals surface area contributed by atoms with Gasteiger partial charge in [0.25, 0.3) is 5.56 Å². The standard InChI is InChI=1S/C12H19N3O2/c1-2-10-14-11(16)7-12(15-10)17-8-9-3-5-13-6-4-9/h7,9,13H,2-6,8H2,1H3,(H,14,15,16). The minimum absolute atomic E-state index is 0.142. The molecular weight excluding hydrogens is 218 g/mol. The number of H-pyrrole nitrogens is 1. The Morgan fingerprint density at radius 2 is 2.24 bits per heavy atom. The van der Waals surface area contributed by atoms with E-state index in [0.717, 1.165) is 25.9 Å². The molecule has 0 radical (unpaired) electrons. The average molecular weight is 237 g/mol. The minimum atomic E-state index is -0.142. The van der Waals surface area contributed by atoms with E-state index in [1.54, 1.807) is 0 Å². The molecule has 1 aromatic heterocycles. The van der Waals surface area contributed by atoms with E-state index in [2.05, 4.69) is 15.3 Å². The van der Waals surface area contributed by atoms with Gasteiger partial charge in [0.1, 0.15) is 5.82 Å². The molecule has 2 rings (SSSR count). The molecule has 0 spiro atoms. The van der Waals surface area contributed by atoms with Gasteiger partial charge in [0.2, 0.25) is 5.88 Å². The second-order valence-corrected chi connectivity index (χ2v) is 4.39. The Labute approximate surface area is 101 Å². The van der Waals surface area contributed by atoms with Gasteiger partial charge in [-0.25, -0.2) is 4.98 Å². The highest BCUT2D eigenvalue weighted by molar-refractivity contribution is 5.08. The molecule has 1 aliphatic heterocycles. The monoisotopic (exact) mass is 237 g/mol. The van der Waals surface area contributed by atoms with E-state index >= 15 is 0 Å². The molecule has 0 saturated carbocycles. The molecule has 0 atom stereocenters. The van der Waals surface area contributed by atoms with Gasteiger partial charge in [-0.05, 0) is 31.8 Å². The number of hydrogen-bond acceptors (Lipinski definition) is 4. The van der Waals surface area contributed by atoms with Crippen LogP contribution >= 0.6 is 0 Å². The van der Waals surface area contributed by atoms with Gasteiger partial charge in [0, 0.05) is 6.42 Å². The molecule has 0 unspecified atom stereocenters. The van der Waals surface area contributed by atoms with Crippen molar-refractivity contribution in [3.05, 3.63) is 22.2 Å². The molecular formula is C12H19N3O2. The Hall–Kier alpha value is -1.36. The Morgan fingerprint density at radius 3 is 2.94 bits per heavy atom. The Balaban J connectivity index is 1.93. The summed E-state index contributed by atoms with van der Waals surface area (Å²) in [6, 6.07) is 1.42. The lowest BCUT2D eigenvalue weighted by Gasteiger charge is -2.22. The van der Waals surface area contributed by atoms with Crippen LogP contribution in [-0.4, -0.2) is 29.7 Å². The lowest BCUT2D eigenvalue weighted by molar-refractivity contribution is 0.208. The third-order valence-corrected chi connectivity index (χ3v) is 3.03. The normalized spacial score (nSPS) is 17.0. The molecule has 0 amide bonds. The van der Waals surface area contributed by atoms with E-state index < -0.39 is 0 Å². The molecule has 0 aliphatic carbocycles. The second-order valence-electron chi connectivity index (χ2n) is 4.39. The predicted molar refractivity (Wildman–Crippen MR) is 65.3 cm³/mol. The molecule has 2 heterocycles.